The summed E-state index contributed by atoms with van der Waals surface area (Å²) < 4.78 is 36.8. The average Bonchev–Trinajstić information content (AvgIpc) is 2.91. The number of hydrogen-bond acceptors (Lipinski definition) is 3. The quantitative estimate of drug-likeness (QED) is 0.844. The largest absolute Gasteiger partial charge is 0.300 e. The third kappa shape index (κ3) is 3.64. The summed E-state index contributed by atoms with van der Waals surface area (Å²) in [7, 11) is -3.32. The van der Waals surface area contributed by atoms with Gasteiger partial charge in [0.15, 0.2) is 9.84 Å². The molecule has 3 rings (SSSR count). The van der Waals surface area contributed by atoms with Crippen molar-refractivity contribution < 1.29 is 17.6 Å². The summed E-state index contributed by atoms with van der Waals surface area (Å²) in [6.45, 7) is 3.89. The van der Waals surface area contributed by atoms with Crippen LogP contribution in [0.1, 0.15) is 21.5 Å². The van der Waals surface area contributed by atoms with Crippen LogP contribution < -0.4 is 4.90 Å². The summed E-state index contributed by atoms with van der Waals surface area (Å²) in [5, 5.41) is 1.14. The van der Waals surface area contributed by atoms with E-state index in [1.165, 1.54) is 35.2 Å². The van der Waals surface area contributed by atoms with Crippen molar-refractivity contribution in [1.29, 1.82) is 0 Å². The highest BCUT2D eigenvalue weighted by molar-refractivity contribution is 7.94. The number of amides is 1. The minimum Gasteiger partial charge on any atom is -0.300 e. The van der Waals surface area contributed by atoms with Gasteiger partial charge in [-0.3, -0.25) is 4.79 Å². The summed E-state index contributed by atoms with van der Waals surface area (Å²) in [6.07, 6.45) is 1.52. The van der Waals surface area contributed by atoms with Crippen LogP contribution in [0.2, 0.25) is 0 Å². The first kappa shape index (κ1) is 17.4. The highest BCUT2D eigenvalue weighted by atomic mass is 32.2. The molecular weight excluding hydrogens is 341 g/mol. The van der Waals surface area contributed by atoms with Gasteiger partial charge in [0.2, 0.25) is 0 Å². The molecule has 4 nitrogen and oxygen atoms in total. The molecule has 0 fully saturated rings. The molecule has 0 spiro atoms. The van der Waals surface area contributed by atoms with Gasteiger partial charge < -0.3 is 4.90 Å². The molecule has 0 aliphatic carbocycles. The first-order valence-corrected chi connectivity index (χ1v) is 9.56. The van der Waals surface area contributed by atoms with Crippen molar-refractivity contribution in [2.75, 3.05) is 10.7 Å². The van der Waals surface area contributed by atoms with Crippen molar-refractivity contribution in [3.05, 3.63) is 76.5 Å². The molecule has 0 saturated carbocycles. The number of sulfone groups is 1. The second kappa shape index (κ2) is 6.44. The number of anilines is 1. The maximum atomic E-state index is 13.2. The Morgan fingerprint density at radius 3 is 2.32 bits per heavy atom. The van der Waals surface area contributed by atoms with Crippen LogP contribution in [-0.4, -0.2) is 26.1 Å². The Kier molecular flexibility index (Phi) is 4.47. The lowest BCUT2D eigenvalue weighted by Gasteiger charge is -2.28. The molecule has 2 aromatic rings. The van der Waals surface area contributed by atoms with Gasteiger partial charge in [-0.15, -0.1) is 0 Å². The molecule has 25 heavy (non-hydrogen) atoms. The van der Waals surface area contributed by atoms with Crippen molar-refractivity contribution in [2.24, 2.45) is 0 Å². The first-order chi connectivity index (χ1) is 11.8. The number of rotatable bonds is 3. The standard InChI is InChI=1S/C19H18FNO3S/c1-13-3-8-17(11-14(13)2)21(18-9-10-25(23,24)12-18)19(22)15-4-6-16(20)7-5-15/h3-11,18H,12H2,1-2H3/t18-/m1/s1. The predicted molar refractivity (Wildman–Crippen MR) is 95.8 cm³/mol. The summed E-state index contributed by atoms with van der Waals surface area (Å²) in [4.78, 5) is 14.5. The van der Waals surface area contributed by atoms with E-state index in [4.69, 9.17) is 0 Å². The lowest BCUT2D eigenvalue weighted by atomic mass is 10.1. The lowest BCUT2D eigenvalue weighted by Crippen LogP contribution is -2.41. The van der Waals surface area contributed by atoms with Crippen molar-refractivity contribution >= 4 is 21.4 Å². The molecule has 6 heteroatoms. The normalized spacial score (nSPS) is 18.3. The van der Waals surface area contributed by atoms with Gasteiger partial charge in [-0.05, 0) is 67.4 Å². The van der Waals surface area contributed by atoms with E-state index in [9.17, 15) is 17.6 Å². The first-order valence-electron chi connectivity index (χ1n) is 7.84. The molecule has 1 amide bonds. The Bertz CT molecular complexity index is 949. The summed E-state index contributed by atoms with van der Waals surface area (Å²) in [6, 6.07) is 10.2. The van der Waals surface area contributed by atoms with E-state index in [1.54, 1.807) is 6.07 Å². The minimum atomic E-state index is -3.32. The third-order valence-electron chi connectivity index (χ3n) is 4.32. The number of benzene rings is 2. The van der Waals surface area contributed by atoms with Crippen LogP contribution in [0.25, 0.3) is 0 Å². The number of hydrogen-bond donors (Lipinski definition) is 0. The Labute approximate surface area is 146 Å². The second-order valence-electron chi connectivity index (χ2n) is 6.18. The summed E-state index contributed by atoms with van der Waals surface area (Å²) >= 11 is 0. The maximum Gasteiger partial charge on any atom is 0.258 e. The van der Waals surface area contributed by atoms with Gasteiger partial charge in [0.25, 0.3) is 5.91 Å². The zero-order valence-corrected chi connectivity index (χ0v) is 14.8. The summed E-state index contributed by atoms with van der Waals surface area (Å²) in [5.74, 6) is -0.958. The van der Waals surface area contributed by atoms with E-state index in [0.29, 0.717) is 11.3 Å². The molecule has 130 valence electrons. The van der Waals surface area contributed by atoms with Crippen molar-refractivity contribution in [2.45, 2.75) is 19.9 Å². The predicted octanol–water partition coefficient (Wildman–Crippen LogP) is 3.40. The Morgan fingerprint density at radius 2 is 1.76 bits per heavy atom. The Balaban J connectivity index is 2.05. The van der Waals surface area contributed by atoms with Crippen LogP contribution >= 0.6 is 0 Å². The monoisotopic (exact) mass is 359 g/mol. The van der Waals surface area contributed by atoms with E-state index in [2.05, 4.69) is 0 Å². The number of carbonyl (C=O) groups is 1. The molecule has 0 saturated heterocycles. The molecule has 0 radical (unpaired) electrons. The van der Waals surface area contributed by atoms with Gasteiger partial charge in [0.1, 0.15) is 5.82 Å². The van der Waals surface area contributed by atoms with Crippen LogP contribution in [0, 0.1) is 19.7 Å². The van der Waals surface area contributed by atoms with Crippen LogP contribution in [0.15, 0.2) is 53.9 Å². The molecule has 0 aromatic heterocycles. The molecular formula is C19H18FNO3S. The second-order valence-corrected chi connectivity index (χ2v) is 8.11. The molecule has 1 aliphatic heterocycles. The third-order valence-corrected chi connectivity index (χ3v) is 5.70. The number of halogens is 1. The van der Waals surface area contributed by atoms with Gasteiger partial charge in [0.05, 0.1) is 11.8 Å². The lowest BCUT2D eigenvalue weighted by molar-refractivity contribution is 0.0983. The average molecular weight is 359 g/mol. The van der Waals surface area contributed by atoms with E-state index in [-0.39, 0.29) is 11.7 Å². The number of carbonyl (C=O) groups excluding carboxylic acids is 1. The summed E-state index contributed by atoms with van der Waals surface area (Å²) in [5.41, 5.74) is 2.99. The molecule has 1 atom stereocenters. The molecule has 1 aliphatic rings. The molecule has 0 N–H and O–H groups in total. The Morgan fingerprint density at radius 1 is 1.08 bits per heavy atom. The molecule has 0 bridgehead atoms. The molecule has 0 unspecified atom stereocenters. The van der Waals surface area contributed by atoms with Crippen LogP contribution in [-0.2, 0) is 9.84 Å². The maximum absolute atomic E-state index is 13.2. The van der Waals surface area contributed by atoms with Gasteiger partial charge in [0, 0.05) is 16.7 Å². The van der Waals surface area contributed by atoms with E-state index in [0.717, 1.165) is 16.5 Å². The minimum absolute atomic E-state index is 0.160. The molecule has 1 heterocycles. The van der Waals surface area contributed by atoms with Gasteiger partial charge in [-0.25, -0.2) is 12.8 Å². The fourth-order valence-corrected chi connectivity index (χ4v) is 4.05. The van der Waals surface area contributed by atoms with Gasteiger partial charge >= 0.3 is 0 Å². The van der Waals surface area contributed by atoms with E-state index >= 15 is 0 Å². The van der Waals surface area contributed by atoms with Crippen LogP contribution in [0.4, 0.5) is 10.1 Å². The highest BCUT2D eigenvalue weighted by Crippen LogP contribution is 2.27. The highest BCUT2D eigenvalue weighted by Gasteiger charge is 2.32. The smallest absolute Gasteiger partial charge is 0.258 e. The molecule has 2 aromatic carbocycles. The fourth-order valence-electron chi connectivity index (χ4n) is 2.79. The topological polar surface area (TPSA) is 54.5 Å². The number of aryl methyl sites for hydroxylation is 2. The van der Waals surface area contributed by atoms with Gasteiger partial charge in [-0.1, -0.05) is 6.07 Å². The van der Waals surface area contributed by atoms with E-state index < -0.39 is 21.7 Å². The van der Waals surface area contributed by atoms with Gasteiger partial charge in [-0.2, -0.15) is 0 Å². The van der Waals surface area contributed by atoms with Crippen LogP contribution in [0.3, 0.4) is 0 Å². The van der Waals surface area contributed by atoms with E-state index in [1.807, 2.05) is 26.0 Å². The SMILES string of the molecule is Cc1ccc(N(C(=O)c2ccc(F)cc2)[C@@H]2C=CS(=O)(=O)C2)cc1C. The van der Waals surface area contributed by atoms with Crippen molar-refractivity contribution in [3.8, 4) is 0 Å². The van der Waals surface area contributed by atoms with Crippen LogP contribution in [0.5, 0.6) is 0 Å². The van der Waals surface area contributed by atoms with Crippen molar-refractivity contribution in [3.63, 3.8) is 0 Å². The van der Waals surface area contributed by atoms with Crippen molar-refractivity contribution in [1.82, 2.24) is 0 Å². The fraction of sp³-hybridized carbons (Fsp3) is 0.211. The zero-order valence-electron chi connectivity index (χ0n) is 13.9. The number of nitrogens with zero attached hydrogens (tertiary/aromatic N) is 1. The Hall–Kier alpha value is -2.47. The zero-order chi connectivity index (χ0) is 18.2.